The molecule has 0 saturated carbocycles. The normalized spacial score (nSPS) is 10.4. The summed E-state index contributed by atoms with van der Waals surface area (Å²) in [5, 5.41) is 11.8. The predicted molar refractivity (Wildman–Crippen MR) is 112 cm³/mol. The first-order valence-electron chi connectivity index (χ1n) is 9.02. The maximum Gasteiger partial charge on any atom is 0.337 e. The van der Waals surface area contributed by atoms with Crippen LogP contribution in [-0.2, 0) is 11.3 Å². The summed E-state index contributed by atoms with van der Waals surface area (Å²) in [6.07, 6.45) is 1.57. The Morgan fingerprint density at radius 2 is 2.03 bits per heavy atom. The van der Waals surface area contributed by atoms with E-state index >= 15 is 0 Å². The van der Waals surface area contributed by atoms with Crippen molar-refractivity contribution in [3.05, 3.63) is 82.9 Å². The number of benzene rings is 1. The minimum atomic E-state index is -0.400. The number of nitrogens with zero attached hydrogens (tertiary/aromatic N) is 2. The Balaban J connectivity index is 1.68. The third-order valence-corrected chi connectivity index (χ3v) is 5.31. The number of hydrogen-bond acceptors (Lipinski definition) is 7. The molecule has 6 nitrogen and oxygen atoms in total. The molecule has 3 heterocycles. The summed E-state index contributed by atoms with van der Waals surface area (Å²) >= 11 is 1.53. The van der Waals surface area contributed by atoms with Gasteiger partial charge in [-0.2, -0.15) is 5.26 Å². The summed E-state index contributed by atoms with van der Waals surface area (Å²) in [4.78, 5) is 17.0. The molecule has 0 aliphatic carbocycles. The highest BCUT2D eigenvalue weighted by Crippen LogP contribution is 2.36. The van der Waals surface area contributed by atoms with E-state index in [1.54, 1.807) is 36.6 Å². The van der Waals surface area contributed by atoms with Crippen LogP contribution < -0.4 is 4.74 Å². The van der Waals surface area contributed by atoms with Crippen LogP contribution in [0.3, 0.4) is 0 Å². The van der Waals surface area contributed by atoms with Crippen molar-refractivity contribution in [1.82, 2.24) is 4.98 Å². The molecule has 4 rings (SSSR count). The van der Waals surface area contributed by atoms with Crippen LogP contribution in [0.15, 0.2) is 70.7 Å². The van der Waals surface area contributed by atoms with Crippen LogP contribution in [0.25, 0.3) is 21.9 Å². The second kappa shape index (κ2) is 8.64. The number of rotatable bonds is 6. The highest BCUT2D eigenvalue weighted by atomic mass is 32.1. The number of aromatic nitrogens is 1. The molecule has 3 aromatic heterocycles. The Bertz CT molecular complexity index is 1190. The maximum atomic E-state index is 11.6. The lowest BCUT2D eigenvalue weighted by Crippen LogP contribution is -2.04. The summed E-state index contributed by atoms with van der Waals surface area (Å²) in [5.41, 5.74) is 2.97. The smallest absolute Gasteiger partial charge is 0.337 e. The van der Waals surface area contributed by atoms with Crippen molar-refractivity contribution >= 4 is 17.3 Å². The molecule has 148 valence electrons. The van der Waals surface area contributed by atoms with Gasteiger partial charge < -0.3 is 13.9 Å². The second-order valence-corrected chi connectivity index (χ2v) is 7.23. The Kier molecular flexibility index (Phi) is 5.59. The van der Waals surface area contributed by atoms with E-state index < -0.39 is 5.97 Å². The highest BCUT2D eigenvalue weighted by Gasteiger charge is 2.18. The monoisotopic (exact) mass is 416 g/mol. The Hall–Kier alpha value is -3.89. The fourth-order valence-electron chi connectivity index (χ4n) is 2.92. The van der Waals surface area contributed by atoms with Crippen LogP contribution in [0.5, 0.6) is 5.88 Å². The van der Waals surface area contributed by atoms with E-state index in [0.717, 1.165) is 16.0 Å². The summed E-state index contributed by atoms with van der Waals surface area (Å²) in [6, 6.07) is 18.4. The molecule has 7 heteroatoms. The standard InChI is InChI=1S/C23H16N2O4S/c1-27-23(26)16-8-6-15(7-9-16)14-29-22-18(13-24)17(21-5-3-11-30-21)12-19(25-22)20-4-2-10-28-20/h2-12H,14H2,1H3. The Morgan fingerprint density at radius 3 is 2.67 bits per heavy atom. The van der Waals surface area contributed by atoms with Gasteiger partial charge in [-0.3, -0.25) is 0 Å². The van der Waals surface area contributed by atoms with Gasteiger partial charge in [0.2, 0.25) is 5.88 Å². The average Bonchev–Trinajstić information content (AvgIpc) is 3.51. The van der Waals surface area contributed by atoms with E-state index in [9.17, 15) is 10.1 Å². The molecule has 0 saturated heterocycles. The van der Waals surface area contributed by atoms with Gasteiger partial charge in [0.05, 0.1) is 18.9 Å². The number of carbonyl (C=O) groups excluding carboxylic acids is 1. The van der Waals surface area contributed by atoms with Crippen molar-refractivity contribution in [2.24, 2.45) is 0 Å². The molecular weight excluding hydrogens is 400 g/mol. The molecule has 30 heavy (non-hydrogen) atoms. The lowest BCUT2D eigenvalue weighted by Gasteiger charge is -2.12. The summed E-state index contributed by atoms with van der Waals surface area (Å²) in [5.74, 6) is 0.416. The highest BCUT2D eigenvalue weighted by molar-refractivity contribution is 7.13. The maximum absolute atomic E-state index is 11.6. The summed E-state index contributed by atoms with van der Waals surface area (Å²) < 4.78 is 16.1. The minimum absolute atomic E-state index is 0.189. The number of esters is 1. The zero-order valence-electron chi connectivity index (χ0n) is 16.0. The van der Waals surface area contributed by atoms with Crippen molar-refractivity contribution in [1.29, 1.82) is 5.26 Å². The predicted octanol–water partition coefficient (Wildman–Crippen LogP) is 5.31. The van der Waals surface area contributed by atoms with E-state index in [-0.39, 0.29) is 12.5 Å². The molecule has 0 spiro atoms. The number of thiophene rings is 1. The van der Waals surface area contributed by atoms with Gasteiger partial charge in [-0.25, -0.2) is 9.78 Å². The second-order valence-electron chi connectivity index (χ2n) is 6.28. The van der Waals surface area contributed by atoms with Gasteiger partial charge in [-0.15, -0.1) is 11.3 Å². The number of carbonyl (C=O) groups is 1. The molecule has 0 amide bonds. The zero-order chi connectivity index (χ0) is 20.9. The van der Waals surface area contributed by atoms with Crippen molar-refractivity contribution < 1.29 is 18.7 Å². The van der Waals surface area contributed by atoms with E-state index in [2.05, 4.69) is 11.1 Å². The van der Waals surface area contributed by atoms with E-state index in [1.807, 2.05) is 29.6 Å². The number of nitriles is 1. The first-order chi connectivity index (χ1) is 14.7. The quantitative estimate of drug-likeness (QED) is 0.396. The first-order valence-corrected chi connectivity index (χ1v) is 9.90. The summed E-state index contributed by atoms with van der Waals surface area (Å²) in [7, 11) is 1.34. The molecular formula is C23H16N2O4S. The number of pyridine rings is 1. The number of methoxy groups -OCH3 is 1. The van der Waals surface area contributed by atoms with Crippen molar-refractivity contribution in [2.75, 3.05) is 7.11 Å². The van der Waals surface area contributed by atoms with Gasteiger partial charge in [0.1, 0.15) is 23.9 Å². The molecule has 1 aromatic carbocycles. The molecule has 0 aliphatic heterocycles. The molecule has 0 unspecified atom stereocenters. The first kappa shape index (κ1) is 19.4. The van der Waals surface area contributed by atoms with Crippen molar-refractivity contribution in [3.8, 4) is 33.8 Å². The number of hydrogen-bond donors (Lipinski definition) is 0. The van der Waals surface area contributed by atoms with Gasteiger partial charge in [-0.05, 0) is 47.3 Å². The fourth-order valence-corrected chi connectivity index (χ4v) is 3.67. The SMILES string of the molecule is COC(=O)c1ccc(COc2nc(-c3ccco3)cc(-c3cccs3)c2C#N)cc1. The molecule has 4 aromatic rings. The number of ether oxygens (including phenoxy) is 2. The molecule has 0 aliphatic rings. The Morgan fingerprint density at radius 1 is 1.20 bits per heavy atom. The third-order valence-electron chi connectivity index (χ3n) is 4.41. The third kappa shape index (κ3) is 3.95. The van der Waals surface area contributed by atoms with Gasteiger partial charge in [0.15, 0.2) is 5.76 Å². The van der Waals surface area contributed by atoms with Gasteiger partial charge in [-0.1, -0.05) is 18.2 Å². The lowest BCUT2D eigenvalue weighted by molar-refractivity contribution is 0.0600. The minimum Gasteiger partial charge on any atom is -0.472 e. The van der Waals surface area contributed by atoms with Crippen molar-refractivity contribution in [2.45, 2.75) is 6.61 Å². The van der Waals surface area contributed by atoms with Crippen LogP contribution >= 0.6 is 11.3 Å². The van der Waals surface area contributed by atoms with Crippen LogP contribution in [0.4, 0.5) is 0 Å². The van der Waals surface area contributed by atoms with E-state index in [1.165, 1.54) is 18.4 Å². The molecule has 0 bridgehead atoms. The topological polar surface area (TPSA) is 85.3 Å². The van der Waals surface area contributed by atoms with Gasteiger partial charge in [0, 0.05) is 10.4 Å². The van der Waals surface area contributed by atoms with Crippen LogP contribution in [-0.4, -0.2) is 18.1 Å². The van der Waals surface area contributed by atoms with Gasteiger partial charge >= 0.3 is 5.97 Å². The largest absolute Gasteiger partial charge is 0.472 e. The van der Waals surface area contributed by atoms with Crippen LogP contribution in [0.2, 0.25) is 0 Å². The number of furan rings is 1. The average molecular weight is 416 g/mol. The molecule has 0 radical (unpaired) electrons. The summed E-state index contributed by atoms with van der Waals surface area (Å²) in [6.45, 7) is 0.189. The fraction of sp³-hybridized carbons (Fsp3) is 0.0870. The Labute approximate surface area is 176 Å². The molecule has 0 atom stereocenters. The zero-order valence-corrected chi connectivity index (χ0v) is 16.8. The molecule has 0 fully saturated rings. The van der Waals surface area contributed by atoms with Crippen LogP contribution in [0, 0.1) is 11.3 Å². The molecule has 0 N–H and O–H groups in total. The van der Waals surface area contributed by atoms with Crippen molar-refractivity contribution in [3.63, 3.8) is 0 Å². The van der Waals surface area contributed by atoms with E-state index in [4.69, 9.17) is 13.9 Å². The van der Waals surface area contributed by atoms with E-state index in [0.29, 0.717) is 22.6 Å². The lowest BCUT2D eigenvalue weighted by atomic mass is 10.1. The van der Waals surface area contributed by atoms with Gasteiger partial charge in [0.25, 0.3) is 0 Å². The van der Waals surface area contributed by atoms with Crippen LogP contribution in [0.1, 0.15) is 21.5 Å².